The lowest BCUT2D eigenvalue weighted by Gasteiger charge is -2.11. The molecule has 3 rings (SSSR count). The van der Waals surface area contributed by atoms with Crippen LogP contribution in [-0.4, -0.2) is 35.7 Å². The van der Waals surface area contributed by atoms with Crippen LogP contribution in [0.4, 0.5) is 0 Å². The predicted molar refractivity (Wildman–Crippen MR) is 105 cm³/mol. The lowest BCUT2D eigenvalue weighted by molar-refractivity contribution is -0.118. The number of fused-ring (bicyclic) bond motifs is 1. The molecule has 0 saturated carbocycles. The molecule has 1 heterocycles. The maximum atomic E-state index is 11.1. The maximum absolute atomic E-state index is 11.1. The number of benzene rings is 2. The molecule has 27 heavy (non-hydrogen) atoms. The van der Waals surface area contributed by atoms with Crippen molar-refractivity contribution in [3.8, 4) is 11.5 Å². The molecule has 142 valence electrons. The van der Waals surface area contributed by atoms with Crippen molar-refractivity contribution in [2.75, 3.05) is 20.3 Å². The number of nitrogens with one attached hydrogen (secondary N) is 1. The van der Waals surface area contributed by atoms with Gasteiger partial charge in [-0.2, -0.15) is 0 Å². The van der Waals surface area contributed by atoms with E-state index in [1.165, 1.54) is 6.92 Å². The number of carbonyl (C=O) groups is 1. The molecule has 6 nitrogen and oxygen atoms in total. The number of ether oxygens (including phenoxy) is 2. The Morgan fingerprint density at radius 1 is 1.11 bits per heavy atom. The third kappa shape index (κ3) is 5.00. The van der Waals surface area contributed by atoms with Crippen LogP contribution in [0.2, 0.25) is 0 Å². The number of aromatic nitrogens is 2. The summed E-state index contributed by atoms with van der Waals surface area (Å²) < 4.78 is 13.2. The van der Waals surface area contributed by atoms with E-state index in [1.807, 2.05) is 42.5 Å². The highest BCUT2D eigenvalue weighted by molar-refractivity contribution is 5.76. The Morgan fingerprint density at radius 2 is 1.85 bits per heavy atom. The summed E-state index contributed by atoms with van der Waals surface area (Å²) in [5, 5.41) is 2.84. The fraction of sp³-hybridized carbons (Fsp3) is 0.333. The molecule has 1 aromatic heterocycles. The molecule has 0 fully saturated rings. The Morgan fingerprint density at radius 3 is 2.59 bits per heavy atom. The van der Waals surface area contributed by atoms with Crippen LogP contribution in [-0.2, 0) is 17.8 Å². The van der Waals surface area contributed by atoms with Gasteiger partial charge >= 0.3 is 0 Å². The average molecular weight is 367 g/mol. The molecule has 0 atom stereocenters. The number of hydrogen-bond donors (Lipinski definition) is 1. The number of aryl methyl sites for hydroxylation is 1. The first-order valence-electron chi connectivity index (χ1n) is 9.13. The number of imidazole rings is 1. The molecule has 0 bridgehead atoms. The highest BCUT2D eigenvalue weighted by Crippen LogP contribution is 2.19. The van der Waals surface area contributed by atoms with E-state index in [0.29, 0.717) is 19.6 Å². The van der Waals surface area contributed by atoms with Gasteiger partial charge in [0.15, 0.2) is 0 Å². The fourth-order valence-electron chi connectivity index (χ4n) is 3.00. The summed E-state index contributed by atoms with van der Waals surface area (Å²) in [7, 11) is 1.65. The zero-order valence-electron chi connectivity index (χ0n) is 15.8. The number of rotatable bonds is 9. The van der Waals surface area contributed by atoms with Crippen LogP contribution in [0.15, 0.2) is 48.5 Å². The maximum Gasteiger partial charge on any atom is 0.216 e. The molecule has 1 N–H and O–H groups in total. The minimum absolute atomic E-state index is 0.0226. The van der Waals surface area contributed by atoms with Gasteiger partial charge in [-0.1, -0.05) is 12.1 Å². The van der Waals surface area contributed by atoms with E-state index in [2.05, 4.69) is 16.0 Å². The lowest BCUT2D eigenvalue weighted by atomic mass is 10.3. The van der Waals surface area contributed by atoms with Gasteiger partial charge in [0.05, 0.1) is 24.8 Å². The fourth-order valence-corrected chi connectivity index (χ4v) is 3.00. The van der Waals surface area contributed by atoms with Crippen LogP contribution < -0.4 is 14.8 Å². The van der Waals surface area contributed by atoms with Crippen LogP contribution in [0.25, 0.3) is 11.0 Å². The molecule has 6 heteroatoms. The van der Waals surface area contributed by atoms with E-state index < -0.39 is 0 Å². The predicted octanol–water partition coefficient (Wildman–Crippen LogP) is 3.19. The van der Waals surface area contributed by atoms with Crippen molar-refractivity contribution in [2.45, 2.75) is 26.3 Å². The number of methoxy groups -OCH3 is 1. The Balaban J connectivity index is 1.61. The van der Waals surface area contributed by atoms with Crippen molar-refractivity contribution in [1.29, 1.82) is 0 Å². The van der Waals surface area contributed by atoms with Gasteiger partial charge in [-0.15, -0.1) is 0 Å². The van der Waals surface area contributed by atoms with E-state index in [1.54, 1.807) is 7.11 Å². The van der Waals surface area contributed by atoms with Gasteiger partial charge in [-0.05, 0) is 42.8 Å². The van der Waals surface area contributed by atoms with Crippen LogP contribution >= 0.6 is 0 Å². The molecular weight excluding hydrogens is 342 g/mol. The zero-order chi connectivity index (χ0) is 19.1. The summed E-state index contributed by atoms with van der Waals surface area (Å²) in [4.78, 5) is 15.8. The molecule has 0 saturated heterocycles. The molecule has 0 aliphatic heterocycles. The Kier molecular flexibility index (Phi) is 6.30. The second kappa shape index (κ2) is 9.07. The Bertz CT molecular complexity index is 887. The topological polar surface area (TPSA) is 65.4 Å². The number of amides is 1. The SMILES string of the molecule is COc1ccc(OCCCn2c(CCNC(C)=O)nc3ccccc32)cc1. The second-order valence-corrected chi connectivity index (χ2v) is 6.28. The van der Waals surface area contributed by atoms with Crippen molar-refractivity contribution in [3.63, 3.8) is 0 Å². The van der Waals surface area contributed by atoms with Gasteiger partial charge in [0.25, 0.3) is 0 Å². The van der Waals surface area contributed by atoms with Crippen LogP contribution in [0, 0.1) is 0 Å². The zero-order valence-corrected chi connectivity index (χ0v) is 15.8. The van der Waals surface area contributed by atoms with Gasteiger partial charge in [-0.25, -0.2) is 4.98 Å². The summed E-state index contributed by atoms with van der Waals surface area (Å²) in [6.07, 6.45) is 1.56. The second-order valence-electron chi connectivity index (χ2n) is 6.28. The molecule has 0 aliphatic rings. The summed E-state index contributed by atoms with van der Waals surface area (Å²) in [6, 6.07) is 15.7. The Hall–Kier alpha value is -3.02. The van der Waals surface area contributed by atoms with E-state index in [9.17, 15) is 4.79 Å². The lowest BCUT2D eigenvalue weighted by Crippen LogP contribution is -2.23. The van der Waals surface area contributed by atoms with E-state index in [0.717, 1.165) is 41.3 Å². The molecule has 2 aromatic carbocycles. The normalized spacial score (nSPS) is 10.7. The van der Waals surface area contributed by atoms with Crippen LogP contribution in [0.5, 0.6) is 11.5 Å². The number of carbonyl (C=O) groups excluding carboxylic acids is 1. The van der Waals surface area contributed by atoms with Crippen LogP contribution in [0.3, 0.4) is 0 Å². The molecule has 0 unspecified atom stereocenters. The summed E-state index contributed by atoms with van der Waals surface area (Å²) >= 11 is 0. The number of nitrogens with zero attached hydrogens (tertiary/aromatic N) is 2. The minimum Gasteiger partial charge on any atom is -0.497 e. The van der Waals surface area contributed by atoms with E-state index in [4.69, 9.17) is 14.5 Å². The van der Waals surface area contributed by atoms with Gasteiger partial charge in [0.2, 0.25) is 5.91 Å². The number of hydrogen-bond acceptors (Lipinski definition) is 4. The first-order chi connectivity index (χ1) is 13.2. The summed E-state index contributed by atoms with van der Waals surface area (Å²) in [5.74, 6) is 2.60. The van der Waals surface area contributed by atoms with E-state index >= 15 is 0 Å². The number of para-hydroxylation sites is 2. The summed E-state index contributed by atoms with van der Waals surface area (Å²) in [6.45, 7) is 3.54. The van der Waals surface area contributed by atoms with Gasteiger partial charge < -0.3 is 19.4 Å². The third-order valence-electron chi connectivity index (χ3n) is 4.31. The van der Waals surface area contributed by atoms with Crippen molar-refractivity contribution in [2.24, 2.45) is 0 Å². The standard InChI is InChI=1S/C21H25N3O3/c1-16(25)22-13-12-21-23-19-6-3-4-7-20(19)24(21)14-5-15-27-18-10-8-17(26-2)9-11-18/h3-4,6-11H,5,12-15H2,1-2H3,(H,22,25). The highest BCUT2D eigenvalue weighted by Gasteiger charge is 2.10. The highest BCUT2D eigenvalue weighted by atomic mass is 16.5. The van der Waals surface area contributed by atoms with Crippen molar-refractivity contribution in [3.05, 3.63) is 54.4 Å². The monoisotopic (exact) mass is 367 g/mol. The van der Waals surface area contributed by atoms with Crippen molar-refractivity contribution < 1.29 is 14.3 Å². The average Bonchev–Trinajstić information content (AvgIpc) is 3.03. The summed E-state index contributed by atoms with van der Waals surface area (Å²) in [5.41, 5.74) is 2.09. The van der Waals surface area contributed by atoms with Crippen molar-refractivity contribution >= 4 is 16.9 Å². The Labute approximate surface area is 159 Å². The van der Waals surface area contributed by atoms with Crippen molar-refractivity contribution in [1.82, 2.24) is 14.9 Å². The molecule has 0 spiro atoms. The smallest absolute Gasteiger partial charge is 0.216 e. The molecule has 0 radical (unpaired) electrons. The van der Waals surface area contributed by atoms with Gasteiger partial charge in [0.1, 0.15) is 17.3 Å². The minimum atomic E-state index is -0.0226. The largest absolute Gasteiger partial charge is 0.497 e. The molecule has 1 amide bonds. The van der Waals surface area contributed by atoms with Gasteiger partial charge in [0, 0.05) is 26.4 Å². The molecular formula is C21H25N3O3. The molecule has 3 aromatic rings. The van der Waals surface area contributed by atoms with E-state index in [-0.39, 0.29) is 5.91 Å². The quantitative estimate of drug-likeness (QED) is 0.590. The third-order valence-corrected chi connectivity index (χ3v) is 4.31. The first-order valence-corrected chi connectivity index (χ1v) is 9.13. The molecule has 0 aliphatic carbocycles. The van der Waals surface area contributed by atoms with Crippen LogP contribution in [0.1, 0.15) is 19.2 Å². The first kappa shape index (κ1) is 18.8. The van der Waals surface area contributed by atoms with Gasteiger partial charge in [-0.3, -0.25) is 4.79 Å².